The SMILES string of the molecule is O=C(c1ccc(OCCCCCCNC[C@H](O)c2ccc(O)c3[nH]c(=O)ccc23)cc1)N1CC(C(=O)O)(c2ccccc2)[C@H]1C1CN2CCC1CC2. The fourth-order valence-electron chi connectivity index (χ4n) is 8.75. The van der Waals surface area contributed by atoms with Gasteiger partial charge in [0.2, 0.25) is 5.56 Å². The van der Waals surface area contributed by atoms with Crippen LogP contribution in [0.15, 0.2) is 83.7 Å². The van der Waals surface area contributed by atoms with E-state index in [2.05, 4.69) is 15.2 Å². The van der Waals surface area contributed by atoms with Gasteiger partial charge in [-0.2, -0.15) is 0 Å². The number of unbranched alkanes of at least 4 members (excludes halogenated alkanes) is 3. The van der Waals surface area contributed by atoms with Crippen LogP contribution in [0.1, 0.15) is 66.1 Å². The van der Waals surface area contributed by atoms with E-state index in [0.29, 0.717) is 46.8 Å². The molecule has 52 heavy (non-hydrogen) atoms. The van der Waals surface area contributed by atoms with Gasteiger partial charge in [-0.25, -0.2) is 0 Å². The summed E-state index contributed by atoms with van der Waals surface area (Å²) in [6.07, 6.45) is 5.12. The van der Waals surface area contributed by atoms with Gasteiger partial charge < -0.3 is 40.2 Å². The molecule has 5 heterocycles. The number of hydrogen-bond donors (Lipinski definition) is 5. The minimum Gasteiger partial charge on any atom is -0.506 e. The number of rotatable bonds is 15. The van der Waals surface area contributed by atoms with Gasteiger partial charge in [0.1, 0.15) is 16.9 Å². The topological polar surface area (TPSA) is 155 Å². The molecular formula is C41H48N4O7. The van der Waals surface area contributed by atoms with Crippen LogP contribution in [-0.4, -0.2) is 93.9 Å². The highest BCUT2D eigenvalue weighted by molar-refractivity contribution is 5.98. The smallest absolute Gasteiger partial charge is 0.318 e. The second kappa shape index (κ2) is 15.5. The number of nitrogens with zero attached hydrogens (tertiary/aromatic N) is 2. The van der Waals surface area contributed by atoms with E-state index < -0.39 is 23.5 Å². The van der Waals surface area contributed by atoms with Gasteiger partial charge in [0.05, 0.1) is 24.3 Å². The molecule has 1 amide bonds. The van der Waals surface area contributed by atoms with Crippen molar-refractivity contribution in [2.75, 3.05) is 45.9 Å². The molecule has 11 nitrogen and oxygen atoms in total. The molecule has 11 heteroatoms. The summed E-state index contributed by atoms with van der Waals surface area (Å²) in [4.78, 5) is 45.5. The minimum absolute atomic E-state index is 0.0305. The summed E-state index contributed by atoms with van der Waals surface area (Å²) in [7, 11) is 0. The molecule has 0 spiro atoms. The Balaban J connectivity index is 0.866. The van der Waals surface area contributed by atoms with E-state index in [9.17, 15) is 29.7 Å². The number of aromatic amines is 1. The molecule has 3 aromatic carbocycles. The number of aromatic nitrogens is 1. The van der Waals surface area contributed by atoms with Gasteiger partial charge in [0, 0.05) is 36.7 Å². The van der Waals surface area contributed by atoms with Crippen molar-refractivity contribution in [3.05, 3.63) is 106 Å². The van der Waals surface area contributed by atoms with E-state index in [4.69, 9.17) is 4.74 Å². The van der Waals surface area contributed by atoms with Gasteiger partial charge in [-0.05, 0) is 105 Å². The Labute approximate surface area is 303 Å². The predicted octanol–water partition coefficient (Wildman–Crippen LogP) is 4.68. The van der Waals surface area contributed by atoms with Crippen LogP contribution >= 0.6 is 0 Å². The molecule has 2 unspecified atom stereocenters. The third-order valence-corrected chi connectivity index (χ3v) is 11.5. The van der Waals surface area contributed by atoms with Crippen molar-refractivity contribution in [1.82, 2.24) is 20.1 Å². The lowest BCUT2D eigenvalue weighted by molar-refractivity contribution is -0.162. The molecule has 2 bridgehead atoms. The van der Waals surface area contributed by atoms with Crippen molar-refractivity contribution in [2.45, 2.75) is 56.1 Å². The van der Waals surface area contributed by atoms with Crippen LogP contribution in [0.2, 0.25) is 0 Å². The van der Waals surface area contributed by atoms with E-state index in [-0.39, 0.29) is 29.7 Å². The molecule has 274 valence electrons. The van der Waals surface area contributed by atoms with Crippen molar-refractivity contribution in [3.8, 4) is 11.5 Å². The number of likely N-dealkylation sites (tertiary alicyclic amines) is 1. The van der Waals surface area contributed by atoms with Gasteiger partial charge in [-0.1, -0.05) is 49.2 Å². The normalized spacial score (nSPS) is 24.4. The first-order valence-electron chi connectivity index (χ1n) is 18.5. The highest BCUT2D eigenvalue weighted by atomic mass is 16.5. The number of carboxylic acids is 1. The Morgan fingerprint density at radius 2 is 1.69 bits per heavy atom. The zero-order valence-corrected chi connectivity index (χ0v) is 29.4. The number of nitrogens with one attached hydrogen (secondary N) is 2. The van der Waals surface area contributed by atoms with Crippen molar-refractivity contribution in [1.29, 1.82) is 0 Å². The largest absolute Gasteiger partial charge is 0.506 e. The second-order valence-electron chi connectivity index (χ2n) is 14.6. The molecule has 0 saturated carbocycles. The third-order valence-electron chi connectivity index (χ3n) is 11.5. The summed E-state index contributed by atoms with van der Waals surface area (Å²) in [6.45, 7) is 4.74. The average molecular weight is 709 g/mol. The maximum absolute atomic E-state index is 14.0. The molecule has 5 N–H and O–H groups in total. The first-order chi connectivity index (χ1) is 25.3. The first-order valence-corrected chi connectivity index (χ1v) is 18.5. The lowest BCUT2D eigenvalue weighted by Gasteiger charge is -2.61. The van der Waals surface area contributed by atoms with E-state index in [1.807, 2.05) is 47.4 Å². The number of aliphatic hydroxyl groups excluding tert-OH is 1. The van der Waals surface area contributed by atoms with Crippen LogP contribution in [0.5, 0.6) is 11.5 Å². The molecular weight excluding hydrogens is 660 g/mol. The maximum atomic E-state index is 14.0. The van der Waals surface area contributed by atoms with Crippen molar-refractivity contribution in [2.24, 2.45) is 11.8 Å². The zero-order valence-electron chi connectivity index (χ0n) is 29.4. The number of H-pyrrole nitrogens is 1. The van der Waals surface area contributed by atoms with Crippen LogP contribution in [0.4, 0.5) is 0 Å². The molecule has 4 aliphatic heterocycles. The van der Waals surface area contributed by atoms with Gasteiger partial charge in [0.25, 0.3) is 5.91 Å². The van der Waals surface area contributed by atoms with E-state index in [1.54, 1.807) is 24.3 Å². The lowest BCUT2D eigenvalue weighted by Crippen LogP contribution is -2.76. The second-order valence-corrected chi connectivity index (χ2v) is 14.6. The molecule has 4 aliphatic rings. The molecule has 4 fully saturated rings. The number of carboxylic acid groups (broad SMARTS) is 1. The number of aliphatic carboxylic acids is 1. The number of hydrogen-bond acceptors (Lipinski definition) is 8. The molecule has 0 radical (unpaired) electrons. The maximum Gasteiger partial charge on any atom is 0.318 e. The predicted molar refractivity (Wildman–Crippen MR) is 198 cm³/mol. The van der Waals surface area contributed by atoms with Gasteiger partial charge in [0.15, 0.2) is 0 Å². The summed E-state index contributed by atoms with van der Waals surface area (Å²) in [5.41, 5.74) is 0.844. The first kappa shape index (κ1) is 35.7. The van der Waals surface area contributed by atoms with E-state index in [0.717, 1.165) is 70.3 Å². The van der Waals surface area contributed by atoms with E-state index >= 15 is 0 Å². The number of piperidine rings is 3. The number of pyridine rings is 1. The fraction of sp³-hybridized carbons (Fsp3) is 0.439. The van der Waals surface area contributed by atoms with Crippen molar-refractivity contribution < 1.29 is 29.6 Å². The summed E-state index contributed by atoms with van der Waals surface area (Å²) >= 11 is 0. The Kier molecular flexibility index (Phi) is 10.6. The number of ether oxygens (including phenoxy) is 1. The summed E-state index contributed by atoms with van der Waals surface area (Å²) in [5.74, 6) is 0.205. The Morgan fingerprint density at radius 3 is 2.40 bits per heavy atom. The summed E-state index contributed by atoms with van der Waals surface area (Å²) in [6, 6.07) is 22.4. The Hall–Kier alpha value is -4.71. The number of benzene rings is 3. The molecule has 4 saturated heterocycles. The average Bonchev–Trinajstić information content (AvgIpc) is 3.15. The quantitative estimate of drug-likeness (QED) is 0.111. The van der Waals surface area contributed by atoms with Gasteiger partial charge in [-0.3, -0.25) is 14.4 Å². The Bertz CT molecular complexity index is 1930. The molecule has 0 aliphatic carbocycles. The Morgan fingerprint density at radius 1 is 0.942 bits per heavy atom. The molecule has 8 rings (SSSR count). The number of carbonyl (C=O) groups is 2. The standard InChI is InChI=1S/C41H48N4O7/c46-34-16-14-31(32-15-17-36(48)43-37(32)34)35(47)24-42-20-6-1-2-7-23-52-30-12-10-28(11-13-30)39(49)45-26-41(40(50)51,29-8-4-3-5-9-29)38(45)33-25-44-21-18-27(33)19-22-44/h3-5,8-17,27,33,35,38,42,46-47H,1-2,6-7,18-26H2,(H,43,48)(H,50,51)/t33?,35-,38+,41?/m0/s1. The minimum atomic E-state index is -1.12. The van der Waals surface area contributed by atoms with Gasteiger partial charge in [-0.15, -0.1) is 0 Å². The van der Waals surface area contributed by atoms with Crippen LogP contribution in [0.25, 0.3) is 10.9 Å². The molecule has 4 aromatic rings. The molecule has 4 atom stereocenters. The van der Waals surface area contributed by atoms with Crippen LogP contribution < -0.4 is 15.6 Å². The van der Waals surface area contributed by atoms with Gasteiger partial charge >= 0.3 is 5.97 Å². The van der Waals surface area contributed by atoms with Crippen molar-refractivity contribution in [3.63, 3.8) is 0 Å². The zero-order chi connectivity index (χ0) is 36.2. The number of amides is 1. The summed E-state index contributed by atoms with van der Waals surface area (Å²) < 4.78 is 5.98. The number of aromatic hydroxyl groups is 1. The van der Waals surface area contributed by atoms with Crippen molar-refractivity contribution >= 4 is 22.8 Å². The lowest BCUT2D eigenvalue weighted by atomic mass is 9.58. The highest BCUT2D eigenvalue weighted by Crippen LogP contribution is 2.50. The van der Waals surface area contributed by atoms with Crippen LogP contribution in [0, 0.1) is 11.8 Å². The van der Waals surface area contributed by atoms with Crippen LogP contribution in [-0.2, 0) is 10.2 Å². The number of aliphatic hydroxyl groups is 1. The van der Waals surface area contributed by atoms with Crippen LogP contribution in [0.3, 0.4) is 0 Å². The highest BCUT2D eigenvalue weighted by Gasteiger charge is 2.64. The fourth-order valence-corrected chi connectivity index (χ4v) is 8.75. The number of phenols is 1. The summed E-state index contributed by atoms with van der Waals surface area (Å²) in [5, 5.41) is 35.4. The third kappa shape index (κ3) is 7.05. The number of fused-ring (bicyclic) bond motifs is 4. The molecule has 1 aromatic heterocycles. The number of phenolic OH excluding ortho intramolecular Hbond substituents is 1. The van der Waals surface area contributed by atoms with E-state index in [1.165, 1.54) is 12.1 Å². The number of carbonyl (C=O) groups excluding carboxylic acids is 1. The monoisotopic (exact) mass is 708 g/mol.